The average Bonchev–Trinajstić information content (AvgIpc) is 2.86. The predicted molar refractivity (Wildman–Crippen MR) is 125 cm³/mol. The van der Waals surface area contributed by atoms with E-state index in [4.69, 9.17) is 4.74 Å². The van der Waals surface area contributed by atoms with E-state index in [2.05, 4.69) is 17.2 Å². The summed E-state index contributed by atoms with van der Waals surface area (Å²) in [4.78, 5) is 27.8. The van der Waals surface area contributed by atoms with Gasteiger partial charge >= 0.3 is 0 Å². The Labute approximate surface area is 188 Å². The maximum Gasteiger partial charge on any atom is 0.254 e. The number of hydrogen-bond donors (Lipinski definition) is 1. The molecule has 0 aliphatic carbocycles. The van der Waals surface area contributed by atoms with E-state index in [9.17, 15) is 9.59 Å². The molecule has 162 valence electrons. The molecule has 0 spiro atoms. The summed E-state index contributed by atoms with van der Waals surface area (Å²) in [6, 6.07) is 21.1. The van der Waals surface area contributed by atoms with Crippen LogP contribution in [0.3, 0.4) is 0 Å². The van der Waals surface area contributed by atoms with Gasteiger partial charge in [0.25, 0.3) is 5.91 Å². The zero-order chi connectivity index (χ0) is 22.3. The number of nitrogens with one attached hydrogen (secondary N) is 1. The van der Waals surface area contributed by atoms with Crippen molar-refractivity contribution in [1.29, 1.82) is 0 Å². The molecular formula is C27H26N2O3. The summed E-state index contributed by atoms with van der Waals surface area (Å²) in [6.07, 6.45) is 1.57. The number of hydrogen-bond acceptors (Lipinski definition) is 3. The molecule has 1 aliphatic rings. The zero-order valence-electron chi connectivity index (χ0n) is 18.1. The maximum absolute atomic E-state index is 13.3. The molecule has 1 atom stereocenters. The van der Waals surface area contributed by atoms with Gasteiger partial charge < -0.3 is 15.0 Å². The van der Waals surface area contributed by atoms with Gasteiger partial charge in [-0.05, 0) is 42.5 Å². The molecular weight excluding hydrogens is 400 g/mol. The minimum absolute atomic E-state index is 0.0507. The van der Waals surface area contributed by atoms with Crippen LogP contribution >= 0.6 is 0 Å². The van der Waals surface area contributed by atoms with Gasteiger partial charge in [-0.2, -0.15) is 0 Å². The van der Waals surface area contributed by atoms with Crippen molar-refractivity contribution in [2.75, 3.05) is 26.7 Å². The van der Waals surface area contributed by atoms with Gasteiger partial charge in [0.15, 0.2) is 0 Å². The topological polar surface area (TPSA) is 58.6 Å². The second-order valence-electron chi connectivity index (χ2n) is 7.84. The first-order valence-electron chi connectivity index (χ1n) is 10.8. The van der Waals surface area contributed by atoms with Gasteiger partial charge in [0.05, 0.1) is 19.6 Å². The van der Waals surface area contributed by atoms with E-state index >= 15 is 0 Å². The van der Waals surface area contributed by atoms with Crippen molar-refractivity contribution < 1.29 is 14.3 Å². The SMILES string of the molecule is COc1ccc(C(=O)N2CCCC(C(=O)NCC#Cc3ccccc3)C2)c2ccccc12. The third-order valence-electron chi connectivity index (χ3n) is 5.77. The molecule has 32 heavy (non-hydrogen) atoms. The number of carbonyl (C=O) groups excluding carboxylic acids is 2. The first kappa shape index (κ1) is 21.5. The summed E-state index contributed by atoms with van der Waals surface area (Å²) in [5.74, 6) is 6.44. The number of likely N-dealkylation sites (tertiary alicyclic amines) is 1. The van der Waals surface area contributed by atoms with Gasteiger partial charge in [0.1, 0.15) is 5.75 Å². The van der Waals surface area contributed by atoms with Crippen molar-refractivity contribution in [3.63, 3.8) is 0 Å². The summed E-state index contributed by atoms with van der Waals surface area (Å²) < 4.78 is 5.44. The van der Waals surface area contributed by atoms with Gasteiger partial charge in [-0.25, -0.2) is 0 Å². The number of amides is 2. The Hall–Kier alpha value is -3.78. The van der Waals surface area contributed by atoms with Crippen molar-refractivity contribution in [3.05, 3.63) is 77.9 Å². The number of piperidine rings is 1. The van der Waals surface area contributed by atoms with E-state index in [0.29, 0.717) is 25.2 Å². The van der Waals surface area contributed by atoms with Gasteiger partial charge in [-0.3, -0.25) is 9.59 Å². The Balaban J connectivity index is 1.42. The van der Waals surface area contributed by atoms with Crippen LogP contribution in [0.25, 0.3) is 10.8 Å². The molecule has 3 aromatic rings. The van der Waals surface area contributed by atoms with E-state index in [1.165, 1.54) is 0 Å². The van der Waals surface area contributed by atoms with Crippen LogP contribution in [0, 0.1) is 17.8 Å². The van der Waals surface area contributed by atoms with Crippen molar-refractivity contribution in [1.82, 2.24) is 10.2 Å². The number of fused-ring (bicyclic) bond motifs is 1. The lowest BCUT2D eigenvalue weighted by atomic mass is 9.95. The van der Waals surface area contributed by atoms with Crippen molar-refractivity contribution in [2.24, 2.45) is 5.92 Å². The van der Waals surface area contributed by atoms with Crippen LogP contribution in [0.1, 0.15) is 28.8 Å². The number of nitrogens with zero attached hydrogens (tertiary/aromatic N) is 1. The molecule has 2 amide bonds. The van der Waals surface area contributed by atoms with Gasteiger partial charge in [-0.1, -0.05) is 54.3 Å². The fourth-order valence-corrected chi connectivity index (χ4v) is 4.13. The molecule has 1 aliphatic heterocycles. The molecule has 5 heteroatoms. The Bertz CT molecular complexity index is 1180. The highest BCUT2D eigenvalue weighted by Crippen LogP contribution is 2.30. The minimum Gasteiger partial charge on any atom is -0.496 e. The van der Waals surface area contributed by atoms with Crippen LogP contribution in [0.2, 0.25) is 0 Å². The standard InChI is InChI=1S/C27H26N2O3/c1-32-25-16-15-24(22-13-5-6-14-23(22)25)27(31)29-18-8-12-21(19-29)26(30)28-17-7-11-20-9-3-2-4-10-20/h2-6,9-10,13-16,21H,8,12,17-19H2,1H3,(H,28,30). The fourth-order valence-electron chi connectivity index (χ4n) is 4.13. The molecule has 1 heterocycles. The van der Waals surface area contributed by atoms with Crippen molar-refractivity contribution in [3.8, 4) is 17.6 Å². The monoisotopic (exact) mass is 426 g/mol. The Kier molecular flexibility index (Phi) is 6.72. The molecule has 0 radical (unpaired) electrons. The molecule has 0 bridgehead atoms. The van der Waals surface area contributed by atoms with Crippen molar-refractivity contribution >= 4 is 22.6 Å². The first-order valence-corrected chi connectivity index (χ1v) is 10.8. The molecule has 1 fully saturated rings. The van der Waals surface area contributed by atoms with Crippen LogP contribution in [0.5, 0.6) is 5.75 Å². The largest absolute Gasteiger partial charge is 0.496 e. The second kappa shape index (κ2) is 10.0. The molecule has 4 rings (SSSR count). The molecule has 5 nitrogen and oxygen atoms in total. The smallest absolute Gasteiger partial charge is 0.254 e. The lowest BCUT2D eigenvalue weighted by Gasteiger charge is -2.32. The summed E-state index contributed by atoms with van der Waals surface area (Å²) in [6.45, 7) is 1.36. The normalized spacial score (nSPS) is 15.5. The Morgan fingerprint density at radius 1 is 1.03 bits per heavy atom. The molecule has 1 N–H and O–H groups in total. The first-order chi connectivity index (χ1) is 15.7. The summed E-state index contributed by atoms with van der Waals surface area (Å²) in [5, 5.41) is 4.67. The van der Waals surface area contributed by atoms with E-state index in [0.717, 1.165) is 34.9 Å². The lowest BCUT2D eigenvalue weighted by Crippen LogP contribution is -2.45. The van der Waals surface area contributed by atoms with Crippen LogP contribution in [-0.4, -0.2) is 43.5 Å². The predicted octanol–water partition coefficient (Wildman–Crippen LogP) is 3.87. The van der Waals surface area contributed by atoms with Gasteiger partial charge in [0, 0.05) is 29.6 Å². The second-order valence-corrected chi connectivity index (χ2v) is 7.84. The average molecular weight is 427 g/mol. The van der Waals surface area contributed by atoms with Crippen molar-refractivity contribution in [2.45, 2.75) is 12.8 Å². The van der Waals surface area contributed by atoms with Crippen LogP contribution in [0.4, 0.5) is 0 Å². The summed E-state index contributed by atoms with van der Waals surface area (Å²) in [5.41, 5.74) is 1.55. The summed E-state index contributed by atoms with van der Waals surface area (Å²) in [7, 11) is 1.63. The van der Waals surface area contributed by atoms with E-state index < -0.39 is 0 Å². The van der Waals surface area contributed by atoms with Crippen LogP contribution in [0.15, 0.2) is 66.7 Å². The Morgan fingerprint density at radius 2 is 1.78 bits per heavy atom. The van der Waals surface area contributed by atoms with Gasteiger partial charge in [-0.15, -0.1) is 0 Å². The fraction of sp³-hybridized carbons (Fsp3) is 0.259. The van der Waals surface area contributed by atoms with Crippen LogP contribution < -0.4 is 10.1 Å². The molecule has 1 saturated heterocycles. The molecule has 0 saturated carbocycles. The maximum atomic E-state index is 13.3. The quantitative estimate of drug-likeness (QED) is 0.645. The van der Waals surface area contributed by atoms with E-state index in [1.807, 2.05) is 66.7 Å². The number of rotatable bonds is 4. The highest BCUT2D eigenvalue weighted by Gasteiger charge is 2.29. The third-order valence-corrected chi connectivity index (χ3v) is 5.77. The minimum atomic E-state index is -0.226. The van der Waals surface area contributed by atoms with E-state index in [1.54, 1.807) is 12.0 Å². The molecule has 1 unspecified atom stereocenters. The number of benzene rings is 3. The third kappa shape index (κ3) is 4.76. The van der Waals surface area contributed by atoms with Gasteiger partial charge in [0.2, 0.25) is 5.91 Å². The molecule has 3 aromatic carbocycles. The van der Waals surface area contributed by atoms with E-state index in [-0.39, 0.29) is 17.7 Å². The summed E-state index contributed by atoms with van der Waals surface area (Å²) >= 11 is 0. The number of methoxy groups -OCH3 is 1. The number of carbonyl (C=O) groups is 2. The highest BCUT2D eigenvalue weighted by molar-refractivity contribution is 6.08. The Morgan fingerprint density at radius 3 is 2.56 bits per heavy atom. The lowest BCUT2D eigenvalue weighted by molar-refractivity contribution is -0.126. The number of ether oxygens (including phenoxy) is 1. The van der Waals surface area contributed by atoms with Crippen LogP contribution in [-0.2, 0) is 4.79 Å². The zero-order valence-corrected chi connectivity index (χ0v) is 18.1. The highest BCUT2D eigenvalue weighted by atomic mass is 16.5. The molecule has 0 aromatic heterocycles.